The zero-order chi connectivity index (χ0) is 18.8. The highest BCUT2D eigenvalue weighted by atomic mass is 16.4. The van der Waals surface area contributed by atoms with Crippen LogP contribution in [0.1, 0.15) is 47.2 Å². The van der Waals surface area contributed by atoms with E-state index in [0.29, 0.717) is 18.5 Å². The number of aromatic carboxylic acids is 1. The number of hydrogen-bond acceptors (Lipinski definition) is 4. The number of benzene rings is 2. The van der Waals surface area contributed by atoms with E-state index < -0.39 is 17.9 Å². The molecule has 2 aromatic rings. The van der Waals surface area contributed by atoms with Crippen molar-refractivity contribution in [1.82, 2.24) is 0 Å². The lowest BCUT2D eigenvalue weighted by atomic mass is 9.87. The largest absolute Gasteiger partial charge is 0.508 e. The number of aliphatic carboxylic acids is 1. The molecule has 136 valence electrons. The highest BCUT2D eigenvalue weighted by Crippen LogP contribution is 2.46. The van der Waals surface area contributed by atoms with Crippen LogP contribution in [0.15, 0.2) is 42.5 Å². The summed E-state index contributed by atoms with van der Waals surface area (Å²) < 4.78 is 0. The zero-order valence-electron chi connectivity index (χ0n) is 14.4. The summed E-state index contributed by atoms with van der Waals surface area (Å²) >= 11 is 0. The fourth-order valence-corrected chi connectivity index (χ4v) is 3.95. The number of carboxylic acids is 2. The number of aromatic hydroxyl groups is 1. The Morgan fingerprint density at radius 2 is 1.85 bits per heavy atom. The monoisotopic (exact) mass is 355 g/mol. The van der Waals surface area contributed by atoms with Crippen LogP contribution in [0.5, 0.6) is 5.75 Å². The van der Waals surface area contributed by atoms with Crippen LogP contribution in [-0.2, 0) is 11.3 Å². The Labute approximate surface area is 151 Å². The van der Waals surface area contributed by atoms with Gasteiger partial charge in [-0.15, -0.1) is 0 Å². The molecule has 3 rings (SSSR count). The van der Waals surface area contributed by atoms with E-state index in [1.54, 1.807) is 24.3 Å². The highest BCUT2D eigenvalue weighted by molar-refractivity contribution is 5.93. The van der Waals surface area contributed by atoms with Gasteiger partial charge in [0, 0.05) is 24.2 Å². The lowest BCUT2D eigenvalue weighted by Crippen LogP contribution is -2.33. The van der Waals surface area contributed by atoms with Gasteiger partial charge in [0.2, 0.25) is 0 Å². The number of nitrogens with zero attached hydrogens (tertiary/aromatic N) is 1. The summed E-state index contributed by atoms with van der Waals surface area (Å²) in [7, 11) is 0. The number of rotatable bonds is 6. The van der Waals surface area contributed by atoms with Gasteiger partial charge in [0.1, 0.15) is 5.75 Å². The molecule has 3 N–H and O–H groups in total. The number of fused-ring (bicyclic) bond motifs is 1. The molecule has 0 bridgehead atoms. The number of anilines is 1. The molecule has 1 aliphatic rings. The van der Waals surface area contributed by atoms with Crippen molar-refractivity contribution in [2.24, 2.45) is 0 Å². The summed E-state index contributed by atoms with van der Waals surface area (Å²) in [5, 5.41) is 28.6. The van der Waals surface area contributed by atoms with Crippen molar-refractivity contribution in [1.29, 1.82) is 0 Å². The van der Waals surface area contributed by atoms with Crippen LogP contribution in [0.3, 0.4) is 0 Å². The number of phenolic OH excluding ortho intramolecular Hbond substituents is 1. The summed E-state index contributed by atoms with van der Waals surface area (Å²) in [5.41, 5.74) is 2.39. The first kappa shape index (κ1) is 17.8. The zero-order valence-corrected chi connectivity index (χ0v) is 14.4. The second-order valence-corrected chi connectivity index (χ2v) is 6.52. The second kappa shape index (κ2) is 7.07. The fraction of sp³-hybridized carbons (Fsp3) is 0.300. The molecule has 6 heteroatoms. The minimum absolute atomic E-state index is 0.119. The van der Waals surface area contributed by atoms with E-state index in [2.05, 4.69) is 4.90 Å². The van der Waals surface area contributed by atoms with Gasteiger partial charge in [0.25, 0.3) is 0 Å². The van der Waals surface area contributed by atoms with Crippen LogP contribution in [0.2, 0.25) is 0 Å². The van der Waals surface area contributed by atoms with Crippen molar-refractivity contribution in [3.63, 3.8) is 0 Å². The standard InChI is InChI=1S/C20H21NO5/c1-2-16-15(10-18(23)24)19-14(20(25)26)7-4-8-17(19)21(16)11-12-5-3-6-13(22)9-12/h3-9,15-16,22H,2,10-11H2,1H3,(H,23,24)(H,25,26). The smallest absolute Gasteiger partial charge is 0.336 e. The van der Waals surface area contributed by atoms with Gasteiger partial charge in [-0.05, 0) is 41.8 Å². The summed E-state index contributed by atoms with van der Waals surface area (Å²) in [6.45, 7) is 2.44. The maximum absolute atomic E-state index is 11.7. The van der Waals surface area contributed by atoms with E-state index in [9.17, 15) is 24.9 Å². The maximum Gasteiger partial charge on any atom is 0.336 e. The lowest BCUT2D eigenvalue weighted by molar-refractivity contribution is -0.137. The molecule has 0 saturated carbocycles. The van der Waals surface area contributed by atoms with Crippen molar-refractivity contribution in [3.8, 4) is 5.75 Å². The molecular weight excluding hydrogens is 334 g/mol. The quantitative estimate of drug-likeness (QED) is 0.734. The fourth-order valence-electron chi connectivity index (χ4n) is 3.95. The number of hydrogen-bond donors (Lipinski definition) is 3. The molecule has 0 saturated heterocycles. The topological polar surface area (TPSA) is 98.1 Å². The van der Waals surface area contributed by atoms with Gasteiger partial charge < -0.3 is 20.2 Å². The Kier molecular flexibility index (Phi) is 4.84. The first-order valence-electron chi connectivity index (χ1n) is 8.55. The molecule has 0 radical (unpaired) electrons. The molecule has 1 aliphatic heterocycles. The van der Waals surface area contributed by atoms with Crippen LogP contribution in [0, 0.1) is 0 Å². The van der Waals surface area contributed by atoms with Gasteiger partial charge in [-0.3, -0.25) is 4.79 Å². The molecule has 0 spiro atoms. The normalized spacial score (nSPS) is 18.6. The lowest BCUT2D eigenvalue weighted by Gasteiger charge is -2.29. The molecule has 2 unspecified atom stereocenters. The molecule has 1 heterocycles. The van der Waals surface area contributed by atoms with Gasteiger partial charge >= 0.3 is 11.9 Å². The maximum atomic E-state index is 11.7. The van der Waals surface area contributed by atoms with Gasteiger partial charge in [-0.25, -0.2) is 4.79 Å². The Hall–Kier alpha value is -3.02. The van der Waals surface area contributed by atoms with Crippen molar-refractivity contribution < 1.29 is 24.9 Å². The van der Waals surface area contributed by atoms with Crippen LogP contribution in [0.25, 0.3) is 0 Å². The minimum atomic E-state index is -1.05. The minimum Gasteiger partial charge on any atom is -0.508 e. The van der Waals surface area contributed by atoms with Crippen molar-refractivity contribution in [3.05, 3.63) is 59.2 Å². The molecule has 26 heavy (non-hydrogen) atoms. The number of carbonyl (C=O) groups is 2. The molecule has 0 aromatic heterocycles. The van der Waals surface area contributed by atoms with Crippen LogP contribution in [-0.4, -0.2) is 33.3 Å². The predicted molar refractivity (Wildman–Crippen MR) is 96.8 cm³/mol. The van der Waals surface area contributed by atoms with E-state index in [0.717, 1.165) is 11.3 Å². The van der Waals surface area contributed by atoms with Crippen molar-refractivity contribution >= 4 is 17.6 Å². The average molecular weight is 355 g/mol. The third-order valence-corrected chi connectivity index (χ3v) is 4.93. The third-order valence-electron chi connectivity index (χ3n) is 4.93. The third kappa shape index (κ3) is 3.22. The molecule has 6 nitrogen and oxygen atoms in total. The van der Waals surface area contributed by atoms with E-state index in [-0.39, 0.29) is 23.8 Å². The van der Waals surface area contributed by atoms with Crippen LogP contribution < -0.4 is 4.90 Å². The summed E-state index contributed by atoms with van der Waals surface area (Å²) in [6, 6.07) is 11.8. The molecule has 2 atom stereocenters. The molecule has 0 aliphatic carbocycles. The van der Waals surface area contributed by atoms with Crippen LogP contribution in [0.4, 0.5) is 5.69 Å². The van der Waals surface area contributed by atoms with E-state index >= 15 is 0 Å². The molecule has 0 fully saturated rings. The molecular formula is C20H21NO5. The average Bonchev–Trinajstić information content (AvgIpc) is 2.87. The summed E-state index contributed by atoms with van der Waals surface area (Å²) in [6.07, 6.45) is 0.566. The van der Waals surface area contributed by atoms with Crippen molar-refractivity contribution in [2.45, 2.75) is 38.3 Å². The molecule has 2 aromatic carbocycles. The van der Waals surface area contributed by atoms with Gasteiger partial charge in [-0.2, -0.15) is 0 Å². The van der Waals surface area contributed by atoms with E-state index in [1.165, 1.54) is 6.07 Å². The first-order chi connectivity index (χ1) is 12.4. The van der Waals surface area contributed by atoms with Crippen molar-refractivity contribution in [2.75, 3.05) is 4.90 Å². The Balaban J connectivity index is 2.09. The summed E-state index contributed by atoms with van der Waals surface area (Å²) in [5.74, 6) is -2.22. The predicted octanol–water partition coefficient (Wildman–Crippen LogP) is 3.45. The van der Waals surface area contributed by atoms with Gasteiger partial charge in [0.05, 0.1) is 12.0 Å². The van der Waals surface area contributed by atoms with Gasteiger partial charge in [-0.1, -0.05) is 25.1 Å². The Morgan fingerprint density at radius 1 is 1.12 bits per heavy atom. The van der Waals surface area contributed by atoms with Gasteiger partial charge in [0.15, 0.2) is 0 Å². The summed E-state index contributed by atoms with van der Waals surface area (Å²) in [4.78, 5) is 25.2. The molecule has 0 amide bonds. The van der Waals surface area contributed by atoms with E-state index in [1.807, 2.05) is 19.1 Å². The SMILES string of the molecule is CCC1C(CC(=O)O)c2c(C(=O)O)cccc2N1Cc1cccc(O)c1. The van der Waals surface area contributed by atoms with E-state index in [4.69, 9.17) is 0 Å². The first-order valence-corrected chi connectivity index (χ1v) is 8.55. The number of phenols is 1. The second-order valence-electron chi connectivity index (χ2n) is 6.52. The van der Waals surface area contributed by atoms with Crippen LogP contribution >= 0.6 is 0 Å². The Bertz CT molecular complexity index is 848. The Morgan fingerprint density at radius 3 is 2.46 bits per heavy atom. The highest BCUT2D eigenvalue weighted by Gasteiger charge is 2.40. The number of carboxylic acid groups (broad SMARTS) is 2.